The summed E-state index contributed by atoms with van der Waals surface area (Å²) in [7, 11) is 0. The first-order chi connectivity index (χ1) is 17.0. The molecular weight excluding hydrogens is 515 g/mol. The average Bonchev–Trinajstić information content (AvgIpc) is 2.86. The van der Waals surface area contributed by atoms with E-state index in [4.69, 9.17) is 39.5 Å². The van der Waals surface area contributed by atoms with Crippen LogP contribution in [0.2, 0.25) is 5.02 Å². The van der Waals surface area contributed by atoms with Gasteiger partial charge in [0.1, 0.15) is 10.1 Å². The van der Waals surface area contributed by atoms with Gasteiger partial charge < -0.3 is 14.5 Å². The first-order valence-electron chi connectivity index (χ1n) is 13.0. The highest BCUT2D eigenvalue weighted by Crippen LogP contribution is 2.55. The number of hydrogen-bond acceptors (Lipinski definition) is 3. The lowest BCUT2D eigenvalue weighted by Crippen LogP contribution is -2.52. The Bertz CT molecular complexity index is 1050. The number of ether oxygens (including phenoxy) is 1. The summed E-state index contributed by atoms with van der Waals surface area (Å²) in [4.78, 5) is 17.6. The minimum Gasteiger partial charge on any atom is -0.491 e. The summed E-state index contributed by atoms with van der Waals surface area (Å²) < 4.78 is 4.80. The standard InChI is InChI=1S/C29H37Cl3N2O2/c1-20(2)36-24-10-8-22(9-11-24)29(31,32)28(4)14-18-33(19-15-28)23-12-16-34(17-13-23)27(35)25-6-5-7-26(30)21(25)3/h5-11,20,23H,12-19H2,1-4H3. The molecule has 0 unspecified atom stereocenters. The summed E-state index contributed by atoms with van der Waals surface area (Å²) in [5.74, 6) is 0.909. The number of hydrogen-bond donors (Lipinski definition) is 0. The van der Waals surface area contributed by atoms with Crippen LogP contribution in [0.5, 0.6) is 5.75 Å². The van der Waals surface area contributed by atoms with E-state index in [9.17, 15) is 4.79 Å². The van der Waals surface area contributed by atoms with Crippen LogP contribution in [0.15, 0.2) is 42.5 Å². The van der Waals surface area contributed by atoms with Gasteiger partial charge in [0.25, 0.3) is 5.91 Å². The van der Waals surface area contributed by atoms with Crippen LogP contribution in [0.3, 0.4) is 0 Å². The summed E-state index contributed by atoms with van der Waals surface area (Å²) in [5.41, 5.74) is 2.25. The number of alkyl halides is 2. The summed E-state index contributed by atoms with van der Waals surface area (Å²) in [5, 5.41) is 0.640. The van der Waals surface area contributed by atoms with Crippen molar-refractivity contribution in [3.8, 4) is 5.75 Å². The van der Waals surface area contributed by atoms with Crippen molar-refractivity contribution in [3.63, 3.8) is 0 Å². The lowest BCUT2D eigenvalue weighted by Gasteiger charge is -2.49. The molecule has 1 amide bonds. The number of amides is 1. The van der Waals surface area contributed by atoms with Crippen LogP contribution in [0.4, 0.5) is 0 Å². The number of carbonyl (C=O) groups is 1. The highest BCUT2D eigenvalue weighted by molar-refractivity contribution is 6.48. The van der Waals surface area contributed by atoms with Gasteiger partial charge in [-0.05, 0) is 94.9 Å². The molecule has 0 bridgehead atoms. The maximum absolute atomic E-state index is 13.1. The van der Waals surface area contributed by atoms with Gasteiger partial charge in [-0.3, -0.25) is 4.79 Å². The first kappa shape index (κ1) is 27.6. The van der Waals surface area contributed by atoms with Gasteiger partial charge in [0.05, 0.1) is 6.10 Å². The van der Waals surface area contributed by atoms with Gasteiger partial charge >= 0.3 is 0 Å². The normalized spacial score (nSPS) is 19.5. The molecule has 0 aliphatic carbocycles. The van der Waals surface area contributed by atoms with Crippen molar-refractivity contribution in [2.45, 2.75) is 69.9 Å². The monoisotopic (exact) mass is 550 g/mol. The highest BCUT2D eigenvalue weighted by atomic mass is 35.5. The van der Waals surface area contributed by atoms with Crippen LogP contribution in [-0.4, -0.2) is 54.0 Å². The smallest absolute Gasteiger partial charge is 0.254 e. The topological polar surface area (TPSA) is 32.8 Å². The molecule has 2 aliphatic heterocycles. The summed E-state index contributed by atoms with van der Waals surface area (Å²) in [6.45, 7) is 11.6. The van der Waals surface area contributed by atoms with E-state index in [1.807, 2.05) is 68.1 Å². The fourth-order valence-electron chi connectivity index (χ4n) is 5.50. The molecule has 196 valence electrons. The van der Waals surface area contributed by atoms with E-state index in [-0.39, 0.29) is 17.4 Å². The van der Waals surface area contributed by atoms with Crippen LogP contribution in [0.25, 0.3) is 0 Å². The van der Waals surface area contributed by atoms with Crippen LogP contribution in [0, 0.1) is 12.3 Å². The number of likely N-dealkylation sites (tertiary alicyclic amines) is 2. The average molecular weight is 552 g/mol. The number of benzene rings is 2. The SMILES string of the molecule is Cc1c(Cl)cccc1C(=O)N1CCC(N2CCC(C)(C(Cl)(Cl)c3ccc(OC(C)C)cc3)CC2)CC1. The number of carbonyl (C=O) groups excluding carboxylic acids is 1. The molecule has 0 saturated carbocycles. The van der Waals surface area contributed by atoms with Crippen LogP contribution >= 0.6 is 34.8 Å². The Morgan fingerprint density at radius 2 is 1.64 bits per heavy atom. The number of halogens is 3. The van der Waals surface area contributed by atoms with Gasteiger partial charge in [-0.15, -0.1) is 0 Å². The molecule has 7 heteroatoms. The maximum atomic E-state index is 13.1. The van der Waals surface area contributed by atoms with Crippen molar-refractivity contribution in [2.75, 3.05) is 26.2 Å². The number of piperidine rings is 2. The largest absolute Gasteiger partial charge is 0.491 e. The second kappa shape index (κ2) is 11.1. The molecule has 2 aliphatic rings. The molecule has 0 atom stereocenters. The van der Waals surface area contributed by atoms with E-state index in [1.54, 1.807) is 0 Å². The zero-order valence-corrected chi connectivity index (χ0v) is 24.0. The minimum atomic E-state index is -0.972. The van der Waals surface area contributed by atoms with Gasteiger partial charge in [0.15, 0.2) is 0 Å². The van der Waals surface area contributed by atoms with E-state index in [0.29, 0.717) is 16.6 Å². The summed E-state index contributed by atoms with van der Waals surface area (Å²) >= 11 is 20.4. The van der Waals surface area contributed by atoms with Gasteiger partial charge in [0, 0.05) is 35.1 Å². The molecule has 4 nitrogen and oxygen atoms in total. The molecule has 2 heterocycles. The molecular formula is C29H37Cl3N2O2. The zero-order chi connectivity index (χ0) is 26.1. The van der Waals surface area contributed by atoms with E-state index >= 15 is 0 Å². The van der Waals surface area contributed by atoms with E-state index in [2.05, 4.69) is 11.8 Å². The Hall–Kier alpha value is -1.46. The third-order valence-electron chi connectivity index (χ3n) is 8.01. The Morgan fingerprint density at radius 1 is 1.03 bits per heavy atom. The second-order valence-electron chi connectivity index (χ2n) is 10.8. The van der Waals surface area contributed by atoms with Crippen molar-refractivity contribution < 1.29 is 9.53 Å². The molecule has 2 aromatic rings. The van der Waals surface area contributed by atoms with Crippen molar-refractivity contribution in [1.29, 1.82) is 0 Å². The second-order valence-corrected chi connectivity index (χ2v) is 12.5. The van der Waals surface area contributed by atoms with Gasteiger partial charge in [0.2, 0.25) is 0 Å². The van der Waals surface area contributed by atoms with Crippen LogP contribution in [0.1, 0.15) is 67.9 Å². The van der Waals surface area contributed by atoms with Gasteiger partial charge in [-0.25, -0.2) is 0 Å². The third kappa shape index (κ3) is 5.67. The molecule has 0 N–H and O–H groups in total. The van der Waals surface area contributed by atoms with Gasteiger partial charge in [-0.1, -0.05) is 59.9 Å². The number of rotatable bonds is 6. The molecule has 4 rings (SSSR count). The fraction of sp³-hybridized carbons (Fsp3) is 0.552. The van der Waals surface area contributed by atoms with Crippen LogP contribution < -0.4 is 4.74 Å². The predicted molar refractivity (Wildman–Crippen MR) is 150 cm³/mol. The molecule has 2 fully saturated rings. The highest BCUT2D eigenvalue weighted by Gasteiger charge is 2.49. The molecule has 2 aromatic carbocycles. The maximum Gasteiger partial charge on any atom is 0.254 e. The minimum absolute atomic E-state index is 0.0820. The predicted octanol–water partition coefficient (Wildman–Crippen LogP) is 7.47. The summed E-state index contributed by atoms with van der Waals surface area (Å²) in [6.07, 6.45) is 3.93. The van der Waals surface area contributed by atoms with Crippen molar-refractivity contribution in [2.24, 2.45) is 5.41 Å². The Morgan fingerprint density at radius 3 is 2.22 bits per heavy atom. The molecule has 36 heavy (non-hydrogen) atoms. The zero-order valence-electron chi connectivity index (χ0n) is 21.7. The third-order valence-corrected chi connectivity index (χ3v) is 9.77. The Kier molecular flexibility index (Phi) is 8.51. The van der Waals surface area contributed by atoms with Gasteiger partial charge in [-0.2, -0.15) is 0 Å². The first-order valence-corrected chi connectivity index (χ1v) is 14.1. The lowest BCUT2D eigenvalue weighted by atomic mass is 9.74. The summed E-state index contributed by atoms with van der Waals surface area (Å²) in [6, 6.07) is 13.9. The molecule has 0 aromatic heterocycles. The number of nitrogens with zero attached hydrogens (tertiary/aromatic N) is 2. The molecule has 2 saturated heterocycles. The lowest BCUT2D eigenvalue weighted by molar-refractivity contribution is 0.0382. The Balaban J connectivity index is 1.33. The van der Waals surface area contributed by atoms with E-state index in [1.165, 1.54) is 0 Å². The van der Waals surface area contributed by atoms with E-state index in [0.717, 1.165) is 68.7 Å². The van der Waals surface area contributed by atoms with Crippen molar-refractivity contribution in [3.05, 3.63) is 64.2 Å². The molecule has 0 spiro atoms. The Labute approximate surface area is 230 Å². The van der Waals surface area contributed by atoms with Crippen LogP contribution in [-0.2, 0) is 4.33 Å². The molecule has 0 radical (unpaired) electrons. The quantitative estimate of drug-likeness (QED) is 0.349. The van der Waals surface area contributed by atoms with Crippen molar-refractivity contribution in [1.82, 2.24) is 9.80 Å². The van der Waals surface area contributed by atoms with Crippen molar-refractivity contribution >= 4 is 40.7 Å². The fourth-order valence-corrected chi connectivity index (χ4v) is 6.31. The van der Waals surface area contributed by atoms with E-state index < -0.39 is 4.33 Å².